The SMILES string of the molecule is CC[C@@H](C)NC(=O)[C@H](Cc1ccccc1)N(Cc1ccc(Cl)c(Cl)c1)C(=O)COc1cc(C)ccc1C. The summed E-state index contributed by atoms with van der Waals surface area (Å²) in [5, 5.41) is 3.88. The van der Waals surface area contributed by atoms with Crippen LogP contribution in [0.1, 0.15) is 42.5 Å². The standard InChI is InChI=1S/C30H34Cl2N2O3/c1-5-22(4)33-30(36)27(17-23-9-7-6-8-10-23)34(18-24-13-14-25(31)26(32)16-24)29(35)19-37-28-15-20(2)11-12-21(28)3/h6-16,22,27H,5,17-19H2,1-4H3,(H,33,36)/t22-,27+/m1/s1. The average molecular weight is 542 g/mol. The molecule has 0 aliphatic rings. The third kappa shape index (κ3) is 8.24. The van der Waals surface area contributed by atoms with Gasteiger partial charge in [0.25, 0.3) is 5.91 Å². The van der Waals surface area contributed by atoms with Gasteiger partial charge in [-0.2, -0.15) is 0 Å². The lowest BCUT2D eigenvalue weighted by Gasteiger charge is -2.32. The van der Waals surface area contributed by atoms with Crippen LogP contribution in [0.4, 0.5) is 0 Å². The fourth-order valence-corrected chi connectivity index (χ4v) is 4.24. The number of nitrogens with zero attached hydrogens (tertiary/aromatic N) is 1. The van der Waals surface area contributed by atoms with E-state index < -0.39 is 6.04 Å². The Kier molecular flexibility index (Phi) is 10.4. The Morgan fingerprint density at radius 3 is 2.35 bits per heavy atom. The number of hydrogen-bond acceptors (Lipinski definition) is 3. The second-order valence-electron chi connectivity index (χ2n) is 9.35. The summed E-state index contributed by atoms with van der Waals surface area (Å²) in [6.45, 7) is 7.84. The van der Waals surface area contributed by atoms with Crippen molar-refractivity contribution in [3.8, 4) is 5.75 Å². The van der Waals surface area contributed by atoms with Crippen molar-refractivity contribution < 1.29 is 14.3 Å². The monoisotopic (exact) mass is 540 g/mol. The van der Waals surface area contributed by atoms with Gasteiger partial charge in [0, 0.05) is 19.0 Å². The van der Waals surface area contributed by atoms with Crippen LogP contribution in [-0.2, 0) is 22.6 Å². The van der Waals surface area contributed by atoms with Gasteiger partial charge in [-0.05, 0) is 67.6 Å². The fraction of sp³-hybridized carbons (Fsp3) is 0.333. The zero-order chi connectivity index (χ0) is 26.9. The summed E-state index contributed by atoms with van der Waals surface area (Å²) in [6, 6.07) is 20.0. The minimum Gasteiger partial charge on any atom is -0.483 e. The van der Waals surface area contributed by atoms with Gasteiger partial charge < -0.3 is 15.0 Å². The zero-order valence-electron chi connectivity index (χ0n) is 21.8. The Balaban J connectivity index is 1.95. The molecule has 0 spiro atoms. The Bertz CT molecular complexity index is 1220. The quantitative estimate of drug-likeness (QED) is 0.300. The summed E-state index contributed by atoms with van der Waals surface area (Å²) < 4.78 is 5.95. The lowest BCUT2D eigenvalue weighted by Crippen LogP contribution is -2.53. The topological polar surface area (TPSA) is 58.6 Å². The molecule has 5 nitrogen and oxygen atoms in total. The van der Waals surface area contributed by atoms with E-state index in [9.17, 15) is 9.59 Å². The molecule has 0 heterocycles. The number of hydrogen-bond donors (Lipinski definition) is 1. The van der Waals surface area contributed by atoms with Gasteiger partial charge in [0.2, 0.25) is 5.91 Å². The summed E-state index contributed by atoms with van der Waals surface area (Å²) >= 11 is 12.4. The average Bonchev–Trinajstić information content (AvgIpc) is 2.88. The van der Waals surface area contributed by atoms with Crippen molar-refractivity contribution >= 4 is 35.0 Å². The molecular weight excluding hydrogens is 507 g/mol. The third-order valence-electron chi connectivity index (χ3n) is 6.30. The van der Waals surface area contributed by atoms with Crippen molar-refractivity contribution in [2.45, 2.75) is 59.2 Å². The number of amides is 2. The summed E-state index contributed by atoms with van der Waals surface area (Å²) in [7, 11) is 0. The molecule has 3 aromatic carbocycles. The molecule has 0 aromatic heterocycles. The molecule has 2 atom stereocenters. The number of halogens is 2. The van der Waals surface area contributed by atoms with Gasteiger partial charge in [-0.1, -0.05) is 78.7 Å². The van der Waals surface area contributed by atoms with E-state index >= 15 is 0 Å². The largest absolute Gasteiger partial charge is 0.483 e. The van der Waals surface area contributed by atoms with E-state index in [0.717, 1.165) is 28.7 Å². The summed E-state index contributed by atoms with van der Waals surface area (Å²) in [4.78, 5) is 28.9. The van der Waals surface area contributed by atoms with Crippen LogP contribution >= 0.6 is 23.2 Å². The molecule has 0 radical (unpaired) electrons. The maximum absolute atomic E-state index is 13.7. The lowest BCUT2D eigenvalue weighted by atomic mass is 10.0. The molecule has 2 amide bonds. The van der Waals surface area contributed by atoms with Crippen molar-refractivity contribution in [3.63, 3.8) is 0 Å². The van der Waals surface area contributed by atoms with Gasteiger partial charge in [0.1, 0.15) is 11.8 Å². The van der Waals surface area contributed by atoms with E-state index in [1.165, 1.54) is 0 Å². The van der Waals surface area contributed by atoms with Crippen molar-refractivity contribution in [1.82, 2.24) is 10.2 Å². The van der Waals surface area contributed by atoms with Gasteiger partial charge in [-0.3, -0.25) is 9.59 Å². The number of nitrogens with one attached hydrogen (secondary N) is 1. The maximum Gasteiger partial charge on any atom is 0.261 e. The molecule has 0 aliphatic carbocycles. The molecule has 3 rings (SSSR count). The third-order valence-corrected chi connectivity index (χ3v) is 7.04. The number of carbonyl (C=O) groups excluding carboxylic acids is 2. The highest BCUT2D eigenvalue weighted by molar-refractivity contribution is 6.42. The Morgan fingerprint density at radius 2 is 1.68 bits per heavy atom. The second kappa shape index (κ2) is 13.5. The number of ether oxygens (including phenoxy) is 1. The van der Waals surface area contributed by atoms with Crippen molar-refractivity contribution in [2.24, 2.45) is 0 Å². The van der Waals surface area contributed by atoms with Crippen LogP contribution < -0.4 is 10.1 Å². The fourth-order valence-electron chi connectivity index (χ4n) is 3.91. The van der Waals surface area contributed by atoms with E-state index in [-0.39, 0.29) is 31.0 Å². The van der Waals surface area contributed by atoms with E-state index in [1.54, 1.807) is 17.0 Å². The lowest BCUT2D eigenvalue weighted by molar-refractivity contribution is -0.143. The first kappa shape index (κ1) is 28.5. The van der Waals surface area contributed by atoms with Crippen LogP contribution in [0, 0.1) is 13.8 Å². The highest BCUT2D eigenvalue weighted by atomic mass is 35.5. The molecule has 0 aliphatic heterocycles. The molecule has 0 saturated heterocycles. The summed E-state index contributed by atoms with van der Waals surface area (Å²) in [5.41, 5.74) is 3.69. The van der Waals surface area contributed by atoms with Crippen molar-refractivity contribution in [3.05, 3.63) is 99.0 Å². The molecule has 1 N–H and O–H groups in total. The smallest absolute Gasteiger partial charge is 0.261 e. The minimum absolute atomic E-state index is 0.0288. The first-order valence-corrected chi connectivity index (χ1v) is 13.2. The number of aryl methyl sites for hydroxylation is 2. The molecular formula is C30H34Cl2N2O3. The molecule has 7 heteroatoms. The summed E-state index contributed by atoms with van der Waals surface area (Å²) in [6.07, 6.45) is 1.14. The highest BCUT2D eigenvalue weighted by Gasteiger charge is 2.31. The first-order valence-electron chi connectivity index (χ1n) is 12.5. The van der Waals surface area contributed by atoms with Gasteiger partial charge in [-0.15, -0.1) is 0 Å². The van der Waals surface area contributed by atoms with E-state index in [4.69, 9.17) is 27.9 Å². The molecule has 196 valence electrons. The molecule has 0 unspecified atom stereocenters. The van der Waals surface area contributed by atoms with E-state index in [2.05, 4.69) is 5.32 Å². The van der Waals surface area contributed by atoms with Gasteiger partial charge in [-0.25, -0.2) is 0 Å². The predicted octanol–water partition coefficient (Wildman–Crippen LogP) is 6.54. The van der Waals surface area contributed by atoms with E-state index in [0.29, 0.717) is 22.2 Å². The molecule has 0 bridgehead atoms. The minimum atomic E-state index is -0.749. The zero-order valence-corrected chi connectivity index (χ0v) is 23.3. The van der Waals surface area contributed by atoms with E-state index in [1.807, 2.05) is 82.3 Å². The summed E-state index contributed by atoms with van der Waals surface area (Å²) in [5.74, 6) is 0.136. The van der Waals surface area contributed by atoms with Crippen LogP contribution in [0.3, 0.4) is 0 Å². The van der Waals surface area contributed by atoms with Crippen molar-refractivity contribution in [1.29, 1.82) is 0 Å². The number of benzene rings is 3. The molecule has 0 fully saturated rings. The van der Waals surface area contributed by atoms with Crippen LogP contribution in [-0.4, -0.2) is 35.4 Å². The normalized spacial score (nSPS) is 12.5. The Labute approximate surface area is 229 Å². The maximum atomic E-state index is 13.7. The van der Waals surface area contributed by atoms with Crippen LogP contribution in [0.15, 0.2) is 66.7 Å². The van der Waals surface area contributed by atoms with Crippen LogP contribution in [0.25, 0.3) is 0 Å². The molecule has 0 saturated carbocycles. The second-order valence-corrected chi connectivity index (χ2v) is 10.2. The van der Waals surface area contributed by atoms with Gasteiger partial charge >= 0.3 is 0 Å². The molecule has 3 aromatic rings. The number of carbonyl (C=O) groups is 2. The molecule has 37 heavy (non-hydrogen) atoms. The van der Waals surface area contributed by atoms with Crippen LogP contribution in [0.5, 0.6) is 5.75 Å². The Morgan fingerprint density at radius 1 is 0.946 bits per heavy atom. The first-order chi connectivity index (χ1) is 17.7. The van der Waals surface area contributed by atoms with Gasteiger partial charge in [0.15, 0.2) is 6.61 Å². The van der Waals surface area contributed by atoms with Gasteiger partial charge in [0.05, 0.1) is 10.0 Å². The number of rotatable bonds is 11. The Hall–Kier alpha value is -3.02. The van der Waals surface area contributed by atoms with Crippen molar-refractivity contribution in [2.75, 3.05) is 6.61 Å². The van der Waals surface area contributed by atoms with Crippen LogP contribution in [0.2, 0.25) is 10.0 Å². The predicted molar refractivity (Wildman–Crippen MR) is 150 cm³/mol. The highest BCUT2D eigenvalue weighted by Crippen LogP contribution is 2.25.